The minimum Gasteiger partial charge on any atom is -0.497 e. The Morgan fingerprint density at radius 1 is 1.19 bits per heavy atom. The summed E-state index contributed by atoms with van der Waals surface area (Å²) >= 11 is 0. The molecule has 2 heterocycles. The maximum absolute atomic E-state index is 12.9. The zero-order valence-electron chi connectivity index (χ0n) is 15.6. The first-order valence-electron chi connectivity index (χ1n) is 9.40. The second-order valence-electron chi connectivity index (χ2n) is 7.06. The Morgan fingerprint density at radius 2 is 1.88 bits per heavy atom. The van der Waals surface area contributed by atoms with Gasteiger partial charge in [-0.3, -0.25) is 9.59 Å². The van der Waals surface area contributed by atoms with Crippen LogP contribution in [-0.4, -0.2) is 67.6 Å². The predicted octanol–water partition coefficient (Wildman–Crippen LogP) is 2.04. The molecule has 2 atom stereocenters. The van der Waals surface area contributed by atoms with Crippen molar-refractivity contribution < 1.29 is 19.1 Å². The standard InChI is InChI=1S/C20H28N2O4/c1-15(16-5-7-17(25-2)8-6-16)14-19(23)22-9-3-4-18(22)20(24)21-10-12-26-13-11-21/h5-8,15,18H,3-4,9-14H2,1-2H3/t15?,18-/m0/s1. The summed E-state index contributed by atoms with van der Waals surface area (Å²) < 4.78 is 10.5. The molecule has 2 amide bonds. The summed E-state index contributed by atoms with van der Waals surface area (Å²) in [4.78, 5) is 29.3. The lowest BCUT2D eigenvalue weighted by molar-refractivity contribution is -0.146. The van der Waals surface area contributed by atoms with E-state index < -0.39 is 0 Å². The van der Waals surface area contributed by atoms with Gasteiger partial charge in [-0.15, -0.1) is 0 Å². The average molecular weight is 360 g/mol. The third-order valence-corrected chi connectivity index (χ3v) is 5.35. The van der Waals surface area contributed by atoms with Gasteiger partial charge in [0.2, 0.25) is 11.8 Å². The molecule has 6 nitrogen and oxygen atoms in total. The Morgan fingerprint density at radius 3 is 2.54 bits per heavy atom. The van der Waals surface area contributed by atoms with Gasteiger partial charge in [-0.25, -0.2) is 0 Å². The van der Waals surface area contributed by atoms with E-state index >= 15 is 0 Å². The van der Waals surface area contributed by atoms with Crippen molar-refractivity contribution in [2.24, 2.45) is 0 Å². The summed E-state index contributed by atoms with van der Waals surface area (Å²) in [6.45, 7) is 5.14. The highest BCUT2D eigenvalue weighted by molar-refractivity contribution is 5.88. The van der Waals surface area contributed by atoms with E-state index in [0.29, 0.717) is 39.3 Å². The number of amides is 2. The minimum atomic E-state index is -0.302. The van der Waals surface area contributed by atoms with Gasteiger partial charge in [0.25, 0.3) is 0 Å². The van der Waals surface area contributed by atoms with Gasteiger partial charge >= 0.3 is 0 Å². The molecule has 26 heavy (non-hydrogen) atoms. The van der Waals surface area contributed by atoms with Gasteiger partial charge in [-0.05, 0) is 36.5 Å². The molecule has 2 fully saturated rings. The van der Waals surface area contributed by atoms with Crippen LogP contribution >= 0.6 is 0 Å². The van der Waals surface area contributed by atoms with E-state index in [1.54, 1.807) is 12.0 Å². The summed E-state index contributed by atoms with van der Waals surface area (Å²) in [6.07, 6.45) is 2.07. The predicted molar refractivity (Wildman–Crippen MR) is 98.2 cm³/mol. The minimum absolute atomic E-state index is 0.0671. The van der Waals surface area contributed by atoms with Gasteiger partial charge in [0, 0.05) is 26.1 Å². The van der Waals surface area contributed by atoms with Crippen LogP contribution in [0, 0.1) is 0 Å². The molecule has 0 bridgehead atoms. The molecule has 0 aliphatic carbocycles. The van der Waals surface area contributed by atoms with E-state index in [2.05, 4.69) is 6.92 Å². The van der Waals surface area contributed by atoms with Gasteiger partial charge in [0.15, 0.2) is 0 Å². The highest BCUT2D eigenvalue weighted by Crippen LogP contribution is 2.26. The fraction of sp³-hybridized carbons (Fsp3) is 0.600. The molecule has 1 unspecified atom stereocenters. The number of ether oxygens (including phenoxy) is 2. The number of likely N-dealkylation sites (tertiary alicyclic amines) is 1. The van der Waals surface area contributed by atoms with Crippen LogP contribution < -0.4 is 4.74 Å². The number of rotatable bonds is 5. The fourth-order valence-electron chi connectivity index (χ4n) is 3.75. The maximum atomic E-state index is 12.9. The number of carbonyl (C=O) groups is 2. The van der Waals surface area contributed by atoms with Crippen LogP contribution in [0.3, 0.4) is 0 Å². The SMILES string of the molecule is COc1ccc(C(C)CC(=O)N2CCC[C@H]2C(=O)N2CCOCC2)cc1. The van der Waals surface area contributed by atoms with Crippen molar-refractivity contribution in [3.05, 3.63) is 29.8 Å². The van der Waals surface area contributed by atoms with Crippen molar-refractivity contribution in [1.29, 1.82) is 0 Å². The van der Waals surface area contributed by atoms with Crippen LogP contribution in [0.25, 0.3) is 0 Å². The first kappa shape index (κ1) is 18.7. The second-order valence-corrected chi connectivity index (χ2v) is 7.06. The van der Waals surface area contributed by atoms with Gasteiger partial charge in [-0.1, -0.05) is 19.1 Å². The molecule has 6 heteroatoms. The molecule has 142 valence electrons. The van der Waals surface area contributed by atoms with Crippen LogP contribution in [0.4, 0.5) is 0 Å². The van der Waals surface area contributed by atoms with E-state index in [0.717, 1.165) is 24.2 Å². The summed E-state index contributed by atoms with van der Waals surface area (Å²) in [5.41, 5.74) is 1.11. The van der Waals surface area contributed by atoms with Crippen molar-refractivity contribution in [3.8, 4) is 5.75 Å². The highest BCUT2D eigenvalue weighted by Gasteiger charge is 2.37. The van der Waals surface area contributed by atoms with Gasteiger partial charge < -0.3 is 19.3 Å². The molecule has 0 spiro atoms. The number of benzene rings is 1. The molecule has 0 saturated carbocycles. The number of carbonyl (C=O) groups excluding carboxylic acids is 2. The number of nitrogens with zero attached hydrogens (tertiary/aromatic N) is 2. The molecular weight excluding hydrogens is 332 g/mol. The van der Waals surface area contributed by atoms with E-state index in [4.69, 9.17) is 9.47 Å². The third-order valence-electron chi connectivity index (χ3n) is 5.35. The first-order valence-corrected chi connectivity index (χ1v) is 9.40. The van der Waals surface area contributed by atoms with E-state index in [1.165, 1.54) is 0 Å². The van der Waals surface area contributed by atoms with Crippen LogP contribution in [0.5, 0.6) is 5.75 Å². The lowest BCUT2D eigenvalue weighted by Gasteiger charge is -2.33. The van der Waals surface area contributed by atoms with Gasteiger partial charge in [0.05, 0.1) is 20.3 Å². The summed E-state index contributed by atoms with van der Waals surface area (Å²) in [7, 11) is 1.64. The number of hydrogen-bond acceptors (Lipinski definition) is 4. The number of morpholine rings is 1. The number of hydrogen-bond donors (Lipinski definition) is 0. The fourth-order valence-corrected chi connectivity index (χ4v) is 3.75. The third kappa shape index (κ3) is 4.18. The van der Waals surface area contributed by atoms with E-state index in [1.807, 2.05) is 29.2 Å². The molecule has 2 aliphatic heterocycles. The summed E-state index contributed by atoms with van der Waals surface area (Å²) in [6, 6.07) is 7.52. The molecule has 1 aromatic carbocycles. The van der Waals surface area contributed by atoms with Crippen molar-refractivity contribution in [2.75, 3.05) is 40.0 Å². The smallest absolute Gasteiger partial charge is 0.245 e. The van der Waals surface area contributed by atoms with Crippen LogP contribution in [-0.2, 0) is 14.3 Å². The topological polar surface area (TPSA) is 59.1 Å². The molecular formula is C20H28N2O4. The van der Waals surface area contributed by atoms with Crippen molar-refractivity contribution in [1.82, 2.24) is 9.80 Å². The van der Waals surface area contributed by atoms with Crippen LogP contribution in [0.2, 0.25) is 0 Å². The van der Waals surface area contributed by atoms with Gasteiger partial charge in [-0.2, -0.15) is 0 Å². The van der Waals surface area contributed by atoms with E-state index in [-0.39, 0.29) is 23.8 Å². The Bertz CT molecular complexity index is 625. The zero-order chi connectivity index (χ0) is 18.5. The molecule has 0 aromatic heterocycles. The molecule has 2 saturated heterocycles. The Hall–Kier alpha value is -2.08. The molecule has 3 rings (SSSR count). The molecule has 0 N–H and O–H groups in total. The average Bonchev–Trinajstić information content (AvgIpc) is 3.18. The summed E-state index contributed by atoms with van der Waals surface area (Å²) in [5, 5.41) is 0. The highest BCUT2D eigenvalue weighted by atomic mass is 16.5. The van der Waals surface area contributed by atoms with Gasteiger partial charge in [0.1, 0.15) is 11.8 Å². The summed E-state index contributed by atoms with van der Waals surface area (Å²) in [5.74, 6) is 1.06. The van der Waals surface area contributed by atoms with E-state index in [9.17, 15) is 9.59 Å². The lowest BCUT2D eigenvalue weighted by atomic mass is 9.97. The second kappa shape index (κ2) is 8.54. The largest absolute Gasteiger partial charge is 0.497 e. The Labute approximate surface area is 155 Å². The van der Waals surface area contributed by atoms with Crippen LogP contribution in [0.15, 0.2) is 24.3 Å². The lowest BCUT2D eigenvalue weighted by Crippen LogP contribution is -2.51. The van der Waals surface area contributed by atoms with Crippen molar-refractivity contribution in [3.63, 3.8) is 0 Å². The molecule has 1 aromatic rings. The quantitative estimate of drug-likeness (QED) is 0.806. The Kier molecular flexibility index (Phi) is 6.14. The zero-order valence-corrected chi connectivity index (χ0v) is 15.6. The monoisotopic (exact) mass is 360 g/mol. The molecule has 0 radical (unpaired) electrons. The maximum Gasteiger partial charge on any atom is 0.245 e. The number of methoxy groups -OCH3 is 1. The normalized spacial score (nSPS) is 21.5. The van der Waals surface area contributed by atoms with Crippen molar-refractivity contribution >= 4 is 11.8 Å². The van der Waals surface area contributed by atoms with Crippen molar-refractivity contribution in [2.45, 2.75) is 38.1 Å². The first-order chi connectivity index (χ1) is 12.6. The Balaban J connectivity index is 1.61. The molecule has 2 aliphatic rings. The van der Waals surface area contributed by atoms with Crippen LogP contribution in [0.1, 0.15) is 37.7 Å².